The third kappa shape index (κ3) is 3.89. The van der Waals surface area contributed by atoms with E-state index in [1.165, 1.54) is 0 Å². The second kappa shape index (κ2) is 8.75. The van der Waals surface area contributed by atoms with Gasteiger partial charge in [-0.2, -0.15) is 0 Å². The molecule has 25 heavy (non-hydrogen) atoms. The first-order valence-corrected chi connectivity index (χ1v) is 10.1. The minimum absolute atomic E-state index is 0.104. The molecule has 3 rings (SSSR count). The van der Waals surface area contributed by atoms with Crippen molar-refractivity contribution in [3.8, 4) is 0 Å². The summed E-state index contributed by atoms with van der Waals surface area (Å²) in [6, 6.07) is 17.7. The Morgan fingerprint density at radius 1 is 0.720 bits per heavy atom. The highest BCUT2D eigenvalue weighted by atomic mass is 31.2. The van der Waals surface area contributed by atoms with E-state index in [-0.39, 0.29) is 6.61 Å². The molecular weight excluding hydrogens is 336 g/mol. The highest BCUT2D eigenvalue weighted by Gasteiger charge is 2.49. The molecule has 0 amide bonds. The maximum atomic E-state index is 12.4. The molecule has 0 fully saturated rings. The maximum absolute atomic E-state index is 12.4. The summed E-state index contributed by atoms with van der Waals surface area (Å²) in [6.07, 6.45) is 6.05. The minimum atomic E-state index is -2.17. The van der Waals surface area contributed by atoms with Gasteiger partial charge in [0.1, 0.15) is 12.8 Å². The van der Waals surface area contributed by atoms with E-state index < -0.39 is 13.9 Å². The molecule has 0 aromatic carbocycles. The van der Waals surface area contributed by atoms with Crippen molar-refractivity contribution in [3.63, 3.8) is 0 Å². The zero-order valence-corrected chi connectivity index (χ0v) is 14.7. The monoisotopic (exact) mass is 356 g/mol. The van der Waals surface area contributed by atoms with E-state index in [4.69, 9.17) is 4.74 Å². The lowest BCUT2D eigenvalue weighted by Crippen LogP contribution is -2.38. The Hall–Kier alpha value is -2.23. The van der Waals surface area contributed by atoms with Crippen molar-refractivity contribution < 1.29 is 9.13 Å². The molecule has 0 saturated carbocycles. The average molecular weight is 356 g/mol. The van der Waals surface area contributed by atoms with Crippen molar-refractivity contribution in [3.05, 3.63) is 73.2 Å². The Morgan fingerprint density at radius 3 is 1.56 bits per heavy atom. The minimum Gasteiger partial charge on any atom is -0.375 e. The van der Waals surface area contributed by atoms with Crippen molar-refractivity contribution in [1.82, 2.24) is 15.0 Å². The van der Waals surface area contributed by atoms with Gasteiger partial charge in [-0.15, -0.1) is 0 Å². The summed E-state index contributed by atoms with van der Waals surface area (Å²) in [5.74, 6) is 0. The Morgan fingerprint density at radius 2 is 1.20 bits per heavy atom. The van der Waals surface area contributed by atoms with Gasteiger partial charge >= 0.3 is 0 Å². The van der Waals surface area contributed by atoms with E-state index in [1.54, 1.807) is 18.6 Å². The molecule has 6 heteroatoms. The number of nitrogens with zero attached hydrogens (tertiary/aromatic N) is 3. The number of hydrogen-bond acceptors (Lipinski definition) is 4. The van der Waals surface area contributed by atoms with Crippen LogP contribution in [-0.4, -0.2) is 41.0 Å². The summed E-state index contributed by atoms with van der Waals surface area (Å²) in [4.78, 5) is 13.9. The SMILES string of the molecule is FCCOCC[P+](c1ccccn1)(c1ccccn1)c1ccccn1. The lowest BCUT2D eigenvalue weighted by Gasteiger charge is -2.23. The van der Waals surface area contributed by atoms with Crippen molar-refractivity contribution in [2.24, 2.45) is 0 Å². The smallest absolute Gasteiger partial charge is 0.196 e. The fourth-order valence-electron chi connectivity index (χ4n) is 2.79. The van der Waals surface area contributed by atoms with E-state index in [9.17, 15) is 4.39 Å². The second-order valence-corrected chi connectivity index (χ2v) is 8.84. The number of halogens is 1. The number of alkyl halides is 1. The van der Waals surface area contributed by atoms with Crippen LogP contribution in [0.3, 0.4) is 0 Å². The van der Waals surface area contributed by atoms with Crippen molar-refractivity contribution in [2.75, 3.05) is 26.1 Å². The summed E-state index contributed by atoms with van der Waals surface area (Å²) >= 11 is 0. The second-order valence-electron chi connectivity index (χ2n) is 5.40. The third-order valence-electron chi connectivity index (χ3n) is 3.91. The lowest BCUT2D eigenvalue weighted by molar-refractivity contribution is 0.132. The predicted octanol–water partition coefficient (Wildman–Crippen LogP) is 2.15. The zero-order valence-electron chi connectivity index (χ0n) is 13.8. The fraction of sp³-hybridized carbons (Fsp3) is 0.211. The lowest BCUT2D eigenvalue weighted by atomic mass is 10.5. The molecule has 0 N–H and O–H groups in total. The predicted molar refractivity (Wildman–Crippen MR) is 100 cm³/mol. The van der Waals surface area contributed by atoms with Crippen LogP contribution < -0.4 is 16.3 Å². The van der Waals surface area contributed by atoms with E-state index >= 15 is 0 Å². The first-order valence-electron chi connectivity index (χ1n) is 8.14. The van der Waals surface area contributed by atoms with E-state index in [0.717, 1.165) is 16.3 Å². The van der Waals surface area contributed by atoms with Crippen LogP contribution in [0.5, 0.6) is 0 Å². The zero-order chi connectivity index (χ0) is 17.4. The van der Waals surface area contributed by atoms with Crippen LogP contribution in [0.15, 0.2) is 73.2 Å². The molecule has 0 saturated heterocycles. The molecule has 0 aliphatic carbocycles. The Kier molecular flexibility index (Phi) is 6.15. The van der Waals surface area contributed by atoms with Gasteiger partial charge in [-0.3, -0.25) is 0 Å². The van der Waals surface area contributed by atoms with Gasteiger partial charge in [-0.1, -0.05) is 18.2 Å². The maximum Gasteiger partial charge on any atom is 0.196 e. The van der Waals surface area contributed by atoms with Gasteiger partial charge in [0.2, 0.25) is 0 Å². The molecule has 0 bridgehead atoms. The largest absolute Gasteiger partial charge is 0.375 e. The summed E-state index contributed by atoms with van der Waals surface area (Å²) in [5.41, 5.74) is 2.86. The third-order valence-corrected chi connectivity index (χ3v) is 7.91. The van der Waals surface area contributed by atoms with Gasteiger partial charge in [-0.25, -0.2) is 19.3 Å². The first kappa shape index (κ1) is 17.6. The number of aromatic nitrogens is 3. The summed E-state index contributed by atoms with van der Waals surface area (Å²) in [6.45, 7) is 0.0519. The van der Waals surface area contributed by atoms with Crippen LogP contribution in [0.4, 0.5) is 4.39 Å². The van der Waals surface area contributed by atoms with E-state index in [0.29, 0.717) is 12.8 Å². The standard InChI is InChI=1S/C19H20FN3OP/c20-10-14-24-15-16-25(17-7-1-4-11-21-17,18-8-2-5-12-22-18)19-9-3-6-13-23-19/h1-9,11-13H,10,14-16H2/q+1. The molecule has 0 spiro atoms. The van der Waals surface area contributed by atoms with Gasteiger partial charge < -0.3 is 4.74 Å². The molecule has 128 valence electrons. The molecule has 0 radical (unpaired) electrons. The number of pyridine rings is 3. The highest BCUT2D eigenvalue weighted by molar-refractivity contribution is 7.95. The fourth-order valence-corrected chi connectivity index (χ4v) is 6.40. The normalized spacial score (nSPS) is 11.4. The molecule has 3 heterocycles. The Labute approximate surface area is 147 Å². The molecule has 3 aromatic heterocycles. The average Bonchev–Trinajstić information content (AvgIpc) is 2.70. The number of hydrogen-bond donors (Lipinski definition) is 0. The van der Waals surface area contributed by atoms with Crippen LogP contribution in [-0.2, 0) is 4.74 Å². The quantitative estimate of drug-likeness (QED) is 0.458. The molecule has 0 unspecified atom stereocenters. The van der Waals surface area contributed by atoms with Crippen LogP contribution in [0.1, 0.15) is 0 Å². The topological polar surface area (TPSA) is 47.9 Å². The molecule has 0 atom stereocenters. The Bertz CT molecular complexity index is 663. The van der Waals surface area contributed by atoms with Crippen LogP contribution in [0, 0.1) is 0 Å². The van der Waals surface area contributed by atoms with Crippen LogP contribution in [0.25, 0.3) is 0 Å². The van der Waals surface area contributed by atoms with E-state index in [1.807, 2.05) is 54.6 Å². The number of rotatable bonds is 8. The number of ether oxygens (including phenoxy) is 1. The van der Waals surface area contributed by atoms with Crippen LogP contribution >= 0.6 is 7.26 Å². The van der Waals surface area contributed by atoms with Gasteiger partial charge in [0, 0.05) is 36.8 Å². The Balaban J connectivity index is 2.13. The van der Waals surface area contributed by atoms with Crippen LogP contribution in [0.2, 0.25) is 0 Å². The molecule has 0 aliphatic heterocycles. The highest BCUT2D eigenvalue weighted by Crippen LogP contribution is 2.53. The van der Waals surface area contributed by atoms with Crippen molar-refractivity contribution in [2.45, 2.75) is 0 Å². The summed E-state index contributed by atoms with van der Waals surface area (Å²) in [7, 11) is -2.17. The molecule has 3 aromatic rings. The summed E-state index contributed by atoms with van der Waals surface area (Å²) < 4.78 is 17.9. The van der Waals surface area contributed by atoms with Gasteiger partial charge in [0.25, 0.3) is 0 Å². The van der Waals surface area contributed by atoms with Gasteiger partial charge in [0.05, 0.1) is 13.2 Å². The molecule has 0 aliphatic rings. The molecule has 4 nitrogen and oxygen atoms in total. The van der Waals surface area contributed by atoms with Gasteiger partial charge in [0.15, 0.2) is 23.6 Å². The van der Waals surface area contributed by atoms with Gasteiger partial charge in [-0.05, 0) is 18.2 Å². The first-order chi connectivity index (χ1) is 12.4. The van der Waals surface area contributed by atoms with Crippen molar-refractivity contribution in [1.29, 1.82) is 0 Å². The summed E-state index contributed by atoms with van der Waals surface area (Å²) in [5, 5.41) is 0. The van der Waals surface area contributed by atoms with Crippen molar-refractivity contribution >= 4 is 23.6 Å². The van der Waals surface area contributed by atoms with E-state index in [2.05, 4.69) is 15.0 Å². The molecular formula is C19H20FN3OP+.